The number of carbonyl (C=O) groups excluding carboxylic acids is 1. The van der Waals surface area contributed by atoms with Crippen molar-refractivity contribution in [3.63, 3.8) is 0 Å². The van der Waals surface area contributed by atoms with Gasteiger partial charge in [-0.1, -0.05) is 13.8 Å². The van der Waals surface area contributed by atoms with Gasteiger partial charge in [-0.05, 0) is 32.4 Å². The summed E-state index contributed by atoms with van der Waals surface area (Å²) in [6.07, 6.45) is 4.06. The summed E-state index contributed by atoms with van der Waals surface area (Å²) in [4.78, 5) is 16.7. The van der Waals surface area contributed by atoms with E-state index in [4.69, 9.17) is 0 Å². The van der Waals surface area contributed by atoms with E-state index < -0.39 is 0 Å². The summed E-state index contributed by atoms with van der Waals surface area (Å²) in [6.45, 7) is 9.82. The van der Waals surface area contributed by atoms with Crippen molar-refractivity contribution in [2.45, 2.75) is 39.5 Å². The first-order valence-electron chi connectivity index (χ1n) is 6.98. The third kappa shape index (κ3) is 2.71. The lowest BCUT2D eigenvalue weighted by Gasteiger charge is -2.32. The Morgan fingerprint density at radius 1 is 1.18 bits per heavy atom. The molecule has 0 aromatic carbocycles. The van der Waals surface area contributed by atoms with Crippen LogP contribution in [0.3, 0.4) is 0 Å². The quantitative estimate of drug-likeness (QED) is 0.730. The molecule has 2 rings (SSSR count). The van der Waals surface area contributed by atoms with E-state index in [9.17, 15) is 4.79 Å². The zero-order valence-corrected chi connectivity index (χ0v) is 11.2. The number of likely N-dealkylation sites (N-methyl/N-ethyl adjacent to an activating group) is 1. The predicted molar refractivity (Wildman–Crippen MR) is 69.9 cm³/mol. The topological polar surface area (TPSA) is 23.6 Å². The number of hydrogen-bond acceptors (Lipinski definition) is 3. The van der Waals surface area contributed by atoms with Gasteiger partial charge in [0.25, 0.3) is 0 Å². The SMILES string of the molecule is CCN(CC)CCN1CCC(=O)C2=C1CCC2. The van der Waals surface area contributed by atoms with Crippen LogP contribution in [0.15, 0.2) is 11.3 Å². The number of ketones is 1. The van der Waals surface area contributed by atoms with E-state index >= 15 is 0 Å². The molecule has 0 aromatic rings. The molecular formula is C14H24N2O. The molecule has 1 aliphatic heterocycles. The molecule has 1 aliphatic carbocycles. The van der Waals surface area contributed by atoms with Gasteiger partial charge in [0.05, 0.1) is 0 Å². The summed E-state index contributed by atoms with van der Waals surface area (Å²) in [7, 11) is 0. The maximum Gasteiger partial charge on any atom is 0.162 e. The first-order valence-corrected chi connectivity index (χ1v) is 6.98. The van der Waals surface area contributed by atoms with Crippen molar-refractivity contribution in [2.75, 3.05) is 32.7 Å². The van der Waals surface area contributed by atoms with Crippen LogP contribution in [0.5, 0.6) is 0 Å². The molecule has 96 valence electrons. The fourth-order valence-electron chi connectivity index (χ4n) is 2.95. The summed E-state index contributed by atoms with van der Waals surface area (Å²) in [5, 5.41) is 0. The number of carbonyl (C=O) groups is 1. The van der Waals surface area contributed by atoms with E-state index in [1.807, 2.05) is 0 Å². The second-order valence-electron chi connectivity index (χ2n) is 4.97. The zero-order chi connectivity index (χ0) is 12.3. The minimum absolute atomic E-state index is 0.414. The molecule has 1 heterocycles. The Morgan fingerprint density at radius 3 is 2.65 bits per heavy atom. The summed E-state index contributed by atoms with van der Waals surface area (Å²) >= 11 is 0. The molecule has 0 spiro atoms. The summed E-state index contributed by atoms with van der Waals surface area (Å²) in [6, 6.07) is 0. The van der Waals surface area contributed by atoms with Gasteiger partial charge < -0.3 is 9.80 Å². The Kier molecular flexibility index (Phi) is 4.21. The van der Waals surface area contributed by atoms with Crippen molar-refractivity contribution in [3.05, 3.63) is 11.3 Å². The van der Waals surface area contributed by atoms with Crippen LogP contribution in [0, 0.1) is 0 Å². The molecule has 0 N–H and O–H groups in total. The van der Waals surface area contributed by atoms with Crippen LogP contribution in [0.2, 0.25) is 0 Å². The number of hydrogen-bond donors (Lipinski definition) is 0. The molecule has 0 atom stereocenters. The van der Waals surface area contributed by atoms with Gasteiger partial charge in [-0.25, -0.2) is 0 Å². The summed E-state index contributed by atoms with van der Waals surface area (Å²) < 4.78 is 0. The van der Waals surface area contributed by atoms with E-state index in [2.05, 4.69) is 23.6 Å². The van der Waals surface area contributed by atoms with Gasteiger partial charge in [0.2, 0.25) is 0 Å². The molecule has 0 saturated heterocycles. The van der Waals surface area contributed by atoms with Crippen molar-refractivity contribution in [1.82, 2.24) is 9.80 Å². The van der Waals surface area contributed by atoms with Gasteiger partial charge in [0.15, 0.2) is 5.78 Å². The molecule has 0 bridgehead atoms. The van der Waals surface area contributed by atoms with Crippen molar-refractivity contribution < 1.29 is 4.79 Å². The summed E-state index contributed by atoms with van der Waals surface area (Å²) in [5.74, 6) is 0.414. The van der Waals surface area contributed by atoms with E-state index in [0.29, 0.717) is 5.78 Å². The molecule has 0 aromatic heterocycles. The lowest BCUT2D eigenvalue weighted by Crippen LogP contribution is -2.38. The predicted octanol–water partition coefficient (Wildman–Crippen LogP) is 2.04. The molecular weight excluding hydrogens is 212 g/mol. The standard InChI is InChI=1S/C14H24N2O/c1-3-15(4-2)10-11-16-9-8-14(17)12-6-5-7-13(12)16/h3-11H2,1-2H3. The largest absolute Gasteiger partial charge is 0.373 e. The maximum atomic E-state index is 11.8. The van der Waals surface area contributed by atoms with E-state index in [-0.39, 0.29) is 0 Å². The average molecular weight is 236 g/mol. The van der Waals surface area contributed by atoms with Crippen molar-refractivity contribution in [1.29, 1.82) is 0 Å². The normalized spacial score (nSPS) is 20.4. The second-order valence-corrected chi connectivity index (χ2v) is 4.97. The molecule has 0 amide bonds. The molecule has 0 unspecified atom stereocenters. The van der Waals surface area contributed by atoms with Gasteiger partial charge in [-0.2, -0.15) is 0 Å². The smallest absolute Gasteiger partial charge is 0.162 e. The Morgan fingerprint density at radius 2 is 1.94 bits per heavy atom. The van der Waals surface area contributed by atoms with Crippen LogP contribution in [-0.2, 0) is 4.79 Å². The third-order valence-electron chi connectivity index (χ3n) is 4.10. The minimum atomic E-state index is 0.414. The Balaban J connectivity index is 1.95. The lowest BCUT2D eigenvalue weighted by molar-refractivity contribution is -0.116. The molecule has 17 heavy (non-hydrogen) atoms. The summed E-state index contributed by atoms with van der Waals surface area (Å²) in [5.41, 5.74) is 2.52. The fraction of sp³-hybridized carbons (Fsp3) is 0.786. The number of allylic oxidation sites excluding steroid dienone is 2. The van der Waals surface area contributed by atoms with Gasteiger partial charge in [0.1, 0.15) is 0 Å². The first kappa shape index (κ1) is 12.6. The Bertz CT molecular complexity index is 318. The van der Waals surface area contributed by atoms with Gasteiger partial charge in [-0.15, -0.1) is 0 Å². The van der Waals surface area contributed by atoms with Crippen LogP contribution < -0.4 is 0 Å². The molecule has 2 aliphatic rings. The van der Waals surface area contributed by atoms with Crippen molar-refractivity contribution in [3.8, 4) is 0 Å². The number of nitrogens with zero attached hydrogens (tertiary/aromatic N) is 2. The molecule has 0 saturated carbocycles. The van der Waals surface area contributed by atoms with Crippen LogP contribution in [0.1, 0.15) is 39.5 Å². The highest BCUT2D eigenvalue weighted by Gasteiger charge is 2.28. The maximum absolute atomic E-state index is 11.8. The highest BCUT2D eigenvalue weighted by molar-refractivity contribution is 5.97. The van der Waals surface area contributed by atoms with E-state index in [1.165, 1.54) is 12.1 Å². The van der Waals surface area contributed by atoms with Crippen LogP contribution in [0.25, 0.3) is 0 Å². The Labute approximate surface area is 104 Å². The van der Waals surface area contributed by atoms with Gasteiger partial charge in [0, 0.05) is 37.3 Å². The fourth-order valence-corrected chi connectivity index (χ4v) is 2.95. The molecule has 0 fully saturated rings. The van der Waals surface area contributed by atoms with Crippen LogP contribution in [0.4, 0.5) is 0 Å². The number of Topliss-reactive ketones (excluding diaryl/α,β-unsaturated/α-hetero) is 1. The van der Waals surface area contributed by atoms with E-state index in [1.54, 1.807) is 0 Å². The van der Waals surface area contributed by atoms with Gasteiger partial charge >= 0.3 is 0 Å². The zero-order valence-electron chi connectivity index (χ0n) is 11.2. The lowest BCUT2D eigenvalue weighted by atomic mass is 10.0. The second kappa shape index (κ2) is 5.67. The highest BCUT2D eigenvalue weighted by Crippen LogP contribution is 2.33. The van der Waals surface area contributed by atoms with Crippen molar-refractivity contribution >= 4 is 5.78 Å². The Hall–Kier alpha value is -0.830. The monoisotopic (exact) mass is 236 g/mol. The van der Waals surface area contributed by atoms with Crippen LogP contribution >= 0.6 is 0 Å². The van der Waals surface area contributed by atoms with Crippen LogP contribution in [-0.4, -0.2) is 48.3 Å². The first-order chi connectivity index (χ1) is 8.26. The van der Waals surface area contributed by atoms with Gasteiger partial charge in [-0.3, -0.25) is 4.79 Å². The van der Waals surface area contributed by atoms with Crippen molar-refractivity contribution in [2.24, 2.45) is 0 Å². The average Bonchev–Trinajstić information content (AvgIpc) is 2.83. The molecule has 0 radical (unpaired) electrons. The minimum Gasteiger partial charge on any atom is -0.373 e. The van der Waals surface area contributed by atoms with E-state index in [0.717, 1.165) is 57.6 Å². The number of rotatable bonds is 5. The molecule has 3 heteroatoms. The molecule has 3 nitrogen and oxygen atoms in total. The highest BCUT2D eigenvalue weighted by atomic mass is 16.1. The third-order valence-corrected chi connectivity index (χ3v) is 4.10.